The van der Waals surface area contributed by atoms with E-state index >= 15 is 0 Å². The Morgan fingerprint density at radius 2 is 1.11 bits per heavy atom. The molecule has 0 unspecified atom stereocenters. The van der Waals surface area contributed by atoms with Gasteiger partial charge in [-0.3, -0.25) is 0 Å². The summed E-state index contributed by atoms with van der Waals surface area (Å²) in [5.74, 6) is 0. The number of rotatable bonds is 2. The van der Waals surface area contributed by atoms with Gasteiger partial charge in [0.15, 0.2) is 0 Å². The Morgan fingerprint density at radius 1 is 0.579 bits per heavy atom. The van der Waals surface area contributed by atoms with E-state index in [0.29, 0.717) is 0 Å². The average Bonchev–Trinajstić information content (AvgIpc) is 2.55. The summed E-state index contributed by atoms with van der Waals surface area (Å²) >= 11 is 0. The van der Waals surface area contributed by atoms with Crippen LogP contribution in [0.25, 0.3) is 0 Å². The van der Waals surface area contributed by atoms with Gasteiger partial charge in [-0.1, -0.05) is 6.42 Å². The number of likely N-dealkylation sites (N-methyl/N-ethyl adjacent to an activating group) is 1. The van der Waals surface area contributed by atoms with Gasteiger partial charge in [0.1, 0.15) is 13.1 Å². The van der Waals surface area contributed by atoms with Crippen LogP contribution < -0.4 is 17.0 Å². The van der Waals surface area contributed by atoms with Crippen LogP contribution in [0.4, 0.5) is 0 Å². The quantitative estimate of drug-likeness (QED) is 0.625. The van der Waals surface area contributed by atoms with Crippen LogP contribution in [0, 0.1) is 0 Å². The number of hydrogen-bond donors (Lipinski definition) is 0. The number of nitrogens with zero attached hydrogens (tertiary/aromatic N) is 2. The lowest BCUT2D eigenvalue weighted by atomic mass is 10.1. The van der Waals surface area contributed by atoms with Crippen LogP contribution in [0.15, 0.2) is 0 Å². The molecule has 114 valence electrons. The van der Waals surface area contributed by atoms with E-state index in [1.165, 1.54) is 99.8 Å². The number of halogens is 1. The van der Waals surface area contributed by atoms with E-state index in [1.807, 2.05) is 0 Å². The van der Waals surface area contributed by atoms with Crippen molar-refractivity contribution in [1.29, 1.82) is 0 Å². The van der Waals surface area contributed by atoms with Gasteiger partial charge in [-0.25, -0.2) is 0 Å². The second kappa shape index (κ2) is 7.99. The molecule has 2 saturated heterocycles. The van der Waals surface area contributed by atoms with Crippen molar-refractivity contribution in [2.75, 3.05) is 52.4 Å². The summed E-state index contributed by atoms with van der Waals surface area (Å²) < 4.78 is 2.86. The predicted octanol–water partition coefficient (Wildman–Crippen LogP) is 0.0316. The lowest BCUT2D eigenvalue weighted by Gasteiger charge is -2.40. The normalized spacial score (nSPS) is 26.8. The van der Waals surface area contributed by atoms with Crippen molar-refractivity contribution in [3.05, 3.63) is 0 Å². The highest BCUT2D eigenvalue weighted by atomic mass is 79.9. The fourth-order valence-corrected chi connectivity index (χ4v) is 4.23. The predicted molar refractivity (Wildman–Crippen MR) is 78.5 cm³/mol. The van der Waals surface area contributed by atoms with Crippen molar-refractivity contribution in [2.24, 2.45) is 0 Å². The van der Waals surface area contributed by atoms with E-state index < -0.39 is 0 Å². The molecular formula is C16H34BrN2+. The summed E-state index contributed by atoms with van der Waals surface area (Å²) in [4.78, 5) is 0. The van der Waals surface area contributed by atoms with Gasteiger partial charge in [0.2, 0.25) is 0 Å². The summed E-state index contributed by atoms with van der Waals surface area (Å²) in [5, 5.41) is 0. The molecule has 2 aliphatic rings. The highest BCUT2D eigenvalue weighted by Crippen LogP contribution is 2.23. The second-order valence-electron chi connectivity index (χ2n) is 6.78. The highest BCUT2D eigenvalue weighted by Gasteiger charge is 2.36. The highest BCUT2D eigenvalue weighted by molar-refractivity contribution is 4.58. The Labute approximate surface area is 131 Å². The van der Waals surface area contributed by atoms with Gasteiger partial charge in [0.05, 0.1) is 39.3 Å². The Hall–Kier alpha value is 0.400. The van der Waals surface area contributed by atoms with Crippen LogP contribution in [0.2, 0.25) is 0 Å². The average molecular weight is 334 g/mol. The maximum Gasteiger partial charge on any atom is 0.129 e. The third-order valence-corrected chi connectivity index (χ3v) is 5.92. The molecule has 0 aromatic heterocycles. The Bertz CT molecular complexity index is 243. The second-order valence-corrected chi connectivity index (χ2v) is 6.78. The molecule has 2 heterocycles. The van der Waals surface area contributed by atoms with Crippen molar-refractivity contribution in [3.63, 3.8) is 0 Å². The van der Waals surface area contributed by atoms with Crippen molar-refractivity contribution in [3.8, 4) is 0 Å². The smallest absolute Gasteiger partial charge is 0.129 e. The van der Waals surface area contributed by atoms with Crippen molar-refractivity contribution in [2.45, 2.75) is 52.4 Å². The SMILES string of the molecule is CC[N+]1(CC)CCC[N+]2(CCCCCCC2)CC1.[Br-]. The molecule has 0 aromatic carbocycles. The van der Waals surface area contributed by atoms with Crippen LogP contribution in [-0.2, 0) is 0 Å². The van der Waals surface area contributed by atoms with Crippen molar-refractivity contribution in [1.82, 2.24) is 0 Å². The molecule has 2 rings (SSSR count). The van der Waals surface area contributed by atoms with Crippen LogP contribution in [0.1, 0.15) is 52.4 Å². The van der Waals surface area contributed by atoms with Gasteiger partial charge in [0, 0.05) is 6.42 Å². The summed E-state index contributed by atoms with van der Waals surface area (Å²) in [6, 6.07) is 0. The molecular weight excluding hydrogens is 300 g/mol. The van der Waals surface area contributed by atoms with E-state index in [1.54, 1.807) is 0 Å². The molecule has 0 aliphatic carbocycles. The molecule has 0 bridgehead atoms. The molecule has 0 amide bonds. The molecule has 2 fully saturated rings. The zero-order valence-corrected chi connectivity index (χ0v) is 14.8. The summed E-state index contributed by atoms with van der Waals surface area (Å²) in [6.45, 7) is 16.2. The number of hydrogen-bond acceptors (Lipinski definition) is 0. The van der Waals surface area contributed by atoms with Crippen LogP contribution in [0.3, 0.4) is 0 Å². The molecule has 0 aromatic rings. The summed E-state index contributed by atoms with van der Waals surface area (Å²) in [6.07, 6.45) is 8.89. The molecule has 19 heavy (non-hydrogen) atoms. The summed E-state index contributed by atoms with van der Waals surface area (Å²) in [5.41, 5.74) is 0. The first kappa shape index (κ1) is 17.5. The maximum absolute atomic E-state index is 2.40. The zero-order chi connectivity index (χ0) is 12.9. The topological polar surface area (TPSA) is 0 Å². The lowest BCUT2D eigenvalue weighted by molar-refractivity contribution is -0.962. The minimum atomic E-state index is 0. The largest absolute Gasteiger partial charge is 1.00 e. The summed E-state index contributed by atoms with van der Waals surface area (Å²) in [7, 11) is 0. The van der Waals surface area contributed by atoms with Gasteiger partial charge in [-0.2, -0.15) is 0 Å². The fraction of sp³-hybridized carbons (Fsp3) is 1.00. The fourth-order valence-electron chi connectivity index (χ4n) is 4.23. The number of quaternary nitrogens is 2. The van der Waals surface area contributed by atoms with E-state index in [0.717, 1.165) is 0 Å². The molecule has 0 atom stereocenters. The molecule has 0 radical (unpaired) electrons. The minimum absolute atomic E-state index is 0. The Morgan fingerprint density at radius 3 is 1.68 bits per heavy atom. The van der Waals surface area contributed by atoms with Crippen LogP contribution in [0.5, 0.6) is 0 Å². The van der Waals surface area contributed by atoms with Gasteiger partial charge in [0.25, 0.3) is 0 Å². The molecule has 1 spiro atoms. The molecule has 3 heteroatoms. The first-order chi connectivity index (χ1) is 8.74. The minimum Gasteiger partial charge on any atom is -1.00 e. The standard InChI is InChI=1S/C16H34N2.BrH/c1-3-17(4-2)13-10-14-18(16-15-17)11-8-6-5-7-9-12-18;/h3-16H2,1-2H3;1H/q+2;/p-1. The molecule has 0 saturated carbocycles. The van der Waals surface area contributed by atoms with Crippen molar-refractivity contribution < 1.29 is 25.9 Å². The van der Waals surface area contributed by atoms with Gasteiger partial charge < -0.3 is 25.9 Å². The van der Waals surface area contributed by atoms with E-state index in [2.05, 4.69) is 13.8 Å². The van der Waals surface area contributed by atoms with Gasteiger partial charge >= 0.3 is 0 Å². The molecule has 0 N–H and O–H groups in total. The van der Waals surface area contributed by atoms with Crippen molar-refractivity contribution >= 4 is 0 Å². The Kier molecular flexibility index (Phi) is 7.34. The maximum atomic E-state index is 2.40. The third-order valence-electron chi connectivity index (χ3n) is 5.92. The van der Waals surface area contributed by atoms with E-state index in [-0.39, 0.29) is 17.0 Å². The lowest BCUT2D eigenvalue weighted by Crippen LogP contribution is -3.00. The zero-order valence-electron chi connectivity index (χ0n) is 13.2. The van der Waals surface area contributed by atoms with Gasteiger partial charge in [-0.15, -0.1) is 0 Å². The third kappa shape index (κ3) is 4.44. The van der Waals surface area contributed by atoms with Crippen LogP contribution >= 0.6 is 0 Å². The first-order valence-corrected chi connectivity index (χ1v) is 8.44. The Balaban J connectivity index is 0.00000180. The first-order valence-electron chi connectivity index (χ1n) is 8.44. The monoisotopic (exact) mass is 333 g/mol. The van der Waals surface area contributed by atoms with E-state index in [9.17, 15) is 0 Å². The molecule has 2 nitrogen and oxygen atoms in total. The van der Waals surface area contributed by atoms with E-state index in [4.69, 9.17) is 0 Å². The van der Waals surface area contributed by atoms with Crippen LogP contribution in [-0.4, -0.2) is 61.3 Å². The molecule has 2 aliphatic heterocycles. The van der Waals surface area contributed by atoms with Gasteiger partial charge in [-0.05, 0) is 39.5 Å².